The summed E-state index contributed by atoms with van der Waals surface area (Å²) in [6, 6.07) is 6.03. The highest BCUT2D eigenvalue weighted by Crippen LogP contribution is 2.15. The molecule has 2 aromatic rings. The van der Waals surface area contributed by atoms with Crippen molar-refractivity contribution in [3.8, 4) is 11.5 Å². The number of hydrogen-bond acceptors (Lipinski definition) is 6. The van der Waals surface area contributed by atoms with Crippen molar-refractivity contribution >= 4 is 5.91 Å². The van der Waals surface area contributed by atoms with Gasteiger partial charge in [0.2, 0.25) is 17.6 Å². The zero-order chi connectivity index (χ0) is 16.2. The third kappa shape index (κ3) is 3.56. The molecule has 1 aliphatic heterocycles. The zero-order valence-electron chi connectivity index (χ0n) is 13.4. The average molecular weight is 315 g/mol. The van der Waals surface area contributed by atoms with Crippen molar-refractivity contribution in [2.24, 2.45) is 0 Å². The molecule has 1 fully saturated rings. The number of aryl methyl sites for hydroxylation is 1. The van der Waals surface area contributed by atoms with E-state index in [1.165, 1.54) is 0 Å². The fraction of sp³-hybridized carbons (Fsp3) is 0.500. The smallest absolute Gasteiger partial charge is 0.227 e. The van der Waals surface area contributed by atoms with Gasteiger partial charge in [0.25, 0.3) is 0 Å². The first-order valence-electron chi connectivity index (χ1n) is 7.92. The van der Waals surface area contributed by atoms with Gasteiger partial charge in [0.15, 0.2) is 0 Å². The number of nitrogens with zero attached hydrogens (tertiary/aromatic N) is 4. The van der Waals surface area contributed by atoms with Crippen molar-refractivity contribution in [3.63, 3.8) is 0 Å². The van der Waals surface area contributed by atoms with Crippen LogP contribution in [-0.2, 0) is 11.2 Å². The number of amides is 1. The second kappa shape index (κ2) is 6.87. The maximum absolute atomic E-state index is 12.4. The topological polar surface area (TPSA) is 84.2 Å². The monoisotopic (exact) mass is 315 g/mol. The molecule has 2 atom stereocenters. The molecule has 0 bridgehead atoms. The summed E-state index contributed by atoms with van der Waals surface area (Å²) >= 11 is 0. The second-order valence-corrected chi connectivity index (χ2v) is 5.80. The van der Waals surface area contributed by atoms with Crippen molar-refractivity contribution in [3.05, 3.63) is 30.3 Å². The Bertz CT molecular complexity index is 658. The van der Waals surface area contributed by atoms with E-state index < -0.39 is 0 Å². The fourth-order valence-electron chi connectivity index (χ4n) is 2.72. The molecule has 2 unspecified atom stereocenters. The lowest BCUT2D eigenvalue weighted by atomic mass is 10.1. The predicted octanol–water partition coefficient (Wildman–Crippen LogP) is 1.27. The molecule has 1 N–H and O–H groups in total. The number of nitrogens with one attached hydrogen (secondary N) is 1. The summed E-state index contributed by atoms with van der Waals surface area (Å²) in [5.74, 6) is 1.05. The van der Waals surface area contributed by atoms with Crippen LogP contribution in [-0.4, -0.2) is 51.1 Å². The van der Waals surface area contributed by atoms with Crippen LogP contribution in [0.1, 0.15) is 26.2 Å². The highest BCUT2D eigenvalue weighted by Gasteiger charge is 2.27. The molecule has 0 radical (unpaired) electrons. The van der Waals surface area contributed by atoms with Gasteiger partial charge in [-0.3, -0.25) is 9.78 Å². The summed E-state index contributed by atoms with van der Waals surface area (Å²) in [6.07, 6.45) is 2.51. The van der Waals surface area contributed by atoms with Gasteiger partial charge >= 0.3 is 0 Å². The van der Waals surface area contributed by atoms with Crippen LogP contribution >= 0.6 is 0 Å². The summed E-state index contributed by atoms with van der Waals surface area (Å²) < 4.78 is 5.22. The number of piperazine rings is 1. The van der Waals surface area contributed by atoms with Crippen LogP contribution in [0.3, 0.4) is 0 Å². The van der Waals surface area contributed by atoms with Crippen molar-refractivity contribution in [1.29, 1.82) is 0 Å². The lowest BCUT2D eigenvalue weighted by molar-refractivity contribution is -0.134. The lowest BCUT2D eigenvalue weighted by Gasteiger charge is -2.38. The van der Waals surface area contributed by atoms with E-state index in [4.69, 9.17) is 4.52 Å². The van der Waals surface area contributed by atoms with Gasteiger partial charge < -0.3 is 14.7 Å². The average Bonchev–Trinajstić information content (AvgIpc) is 3.05. The van der Waals surface area contributed by atoms with E-state index in [-0.39, 0.29) is 11.9 Å². The molecule has 7 nitrogen and oxygen atoms in total. The largest absolute Gasteiger partial charge is 0.339 e. The Kier molecular flexibility index (Phi) is 4.66. The van der Waals surface area contributed by atoms with Crippen LogP contribution in [0, 0.1) is 0 Å². The molecule has 23 heavy (non-hydrogen) atoms. The molecule has 2 aromatic heterocycles. The highest BCUT2D eigenvalue weighted by molar-refractivity contribution is 5.76. The van der Waals surface area contributed by atoms with E-state index in [1.807, 2.05) is 23.1 Å². The Morgan fingerprint density at radius 1 is 1.43 bits per heavy atom. The Balaban J connectivity index is 1.58. The molecule has 1 amide bonds. The Labute approximate surface area is 135 Å². The fourth-order valence-corrected chi connectivity index (χ4v) is 2.72. The molecule has 1 aliphatic rings. The minimum Gasteiger partial charge on any atom is -0.339 e. The highest BCUT2D eigenvalue weighted by atomic mass is 16.5. The van der Waals surface area contributed by atoms with E-state index >= 15 is 0 Å². The van der Waals surface area contributed by atoms with Crippen LogP contribution in [0.15, 0.2) is 28.9 Å². The second-order valence-electron chi connectivity index (χ2n) is 5.80. The molecule has 0 saturated carbocycles. The molecule has 122 valence electrons. The van der Waals surface area contributed by atoms with Gasteiger partial charge in [-0.2, -0.15) is 4.98 Å². The normalized spacial score (nSPS) is 21.4. The summed E-state index contributed by atoms with van der Waals surface area (Å²) in [4.78, 5) is 22.8. The molecule has 0 aromatic carbocycles. The van der Waals surface area contributed by atoms with E-state index in [0.717, 1.165) is 13.1 Å². The Hall–Kier alpha value is -2.28. The van der Waals surface area contributed by atoms with Gasteiger partial charge in [-0.25, -0.2) is 0 Å². The molecule has 0 aliphatic carbocycles. The summed E-state index contributed by atoms with van der Waals surface area (Å²) in [5, 5.41) is 7.29. The third-order valence-corrected chi connectivity index (χ3v) is 4.27. The SMILES string of the molecule is CC1NCCN(C(=O)CCc2nc(-c3ccccn3)no2)C1C. The summed E-state index contributed by atoms with van der Waals surface area (Å²) in [7, 11) is 0. The van der Waals surface area contributed by atoms with Gasteiger partial charge in [-0.1, -0.05) is 11.2 Å². The molecule has 0 spiro atoms. The lowest BCUT2D eigenvalue weighted by Crippen LogP contribution is -2.57. The standard InChI is InChI=1S/C16H21N5O2/c1-11-12(2)21(10-9-17-11)15(22)7-6-14-19-16(20-23-14)13-5-3-4-8-18-13/h3-5,8,11-12,17H,6-7,9-10H2,1-2H3. The van der Waals surface area contributed by atoms with Gasteiger partial charge in [-0.05, 0) is 26.0 Å². The molecule has 7 heteroatoms. The molecule has 1 saturated heterocycles. The summed E-state index contributed by atoms with van der Waals surface area (Å²) in [5.41, 5.74) is 0.665. The molecule has 3 heterocycles. The quantitative estimate of drug-likeness (QED) is 0.915. The zero-order valence-corrected chi connectivity index (χ0v) is 13.4. The summed E-state index contributed by atoms with van der Waals surface area (Å²) in [6.45, 7) is 5.75. The number of rotatable bonds is 4. The van der Waals surface area contributed by atoms with Crippen molar-refractivity contribution in [2.75, 3.05) is 13.1 Å². The minimum absolute atomic E-state index is 0.128. The number of carbonyl (C=O) groups excluding carboxylic acids is 1. The van der Waals surface area contributed by atoms with E-state index in [9.17, 15) is 4.79 Å². The number of carbonyl (C=O) groups is 1. The molecular weight excluding hydrogens is 294 g/mol. The maximum Gasteiger partial charge on any atom is 0.227 e. The first kappa shape index (κ1) is 15.6. The third-order valence-electron chi connectivity index (χ3n) is 4.27. The molecular formula is C16H21N5O2. The first-order valence-corrected chi connectivity index (χ1v) is 7.92. The van der Waals surface area contributed by atoms with Crippen molar-refractivity contribution in [1.82, 2.24) is 25.3 Å². The van der Waals surface area contributed by atoms with Crippen LogP contribution in [0.5, 0.6) is 0 Å². The Morgan fingerprint density at radius 2 is 2.30 bits per heavy atom. The minimum atomic E-state index is 0.128. The van der Waals surface area contributed by atoms with E-state index in [1.54, 1.807) is 6.20 Å². The number of pyridine rings is 1. The predicted molar refractivity (Wildman–Crippen MR) is 84.5 cm³/mol. The van der Waals surface area contributed by atoms with Gasteiger partial charge in [0.05, 0.1) is 0 Å². The van der Waals surface area contributed by atoms with Crippen LogP contribution < -0.4 is 5.32 Å². The van der Waals surface area contributed by atoms with Crippen molar-refractivity contribution in [2.45, 2.75) is 38.8 Å². The maximum atomic E-state index is 12.4. The van der Waals surface area contributed by atoms with Gasteiger partial charge in [-0.15, -0.1) is 0 Å². The number of hydrogen-bond donors (Lipinski definition) is 1. The van der Waals surface area contributed by atoms with Gasteiger partial charge in [0, 0.05) is 44.2 Å². The molecule has 3 rings (SSSR count). The Morgan fingerprint density at radius 3 is 3.09 bits per heavy atom. The van der Waals surface area contributed by atoms with Crippen LogP contribution in [0.4, 0.5) is 0 Å². The van der Waals surface area contributed by atoms with E-state index in [0.29, 0.717) is 36.3 Å². The van der Waals surface area contributed by atoms with Gasteiger partial charge in [0.1, 0.15) is 5.69 Å². The van der Waals surface area contributed by atoms with Crippen LogP contribution in [0.2, 0.25) is 0 Å². The van der Waals surface area contributed by atoms with E-state index in [2.05, 4.69) is 34.3 Å². The first-order chi connectivity index (χ1) is 11.1. The number of aromatic nitrogens is 3. The van der Waals surface area contributed by atoms with Crippen LogP contribution in [0.25, 0.3) is 11.5 Å². The van der Waals surface area contributed by atoms with Crippen molar-refractivity contribution < 1.29 is 9.32 Å².